The minimum Gasteiger partial charge on any atom is -0.356 e. The highest BCUT2D eigenvalue weighted by Gasteiger charge is 2.09. The van der Waals surface area contributed by atoms with Crippen molar-refractivity contribution >= 4 is 34.3 Å². The van der Waals surface area contributed by atoms with Gasteiger partial charge >= 0.3 is 6.03 Å². The summed E-state index contributed by atoms with van der Waals surface area (Å²) in [6.45, 7) is 2.28. The molecular formula is C16H14ClN3O2. The number of carbonyl (C=O) groups is 1. The number of anilines is 1. The van der Waals surface area contributed by atoms with E-state index < -0.39 is 0 Å². The SMILES string of the molecule is Cc1ccc2onc(CNC(=O)Nc3cccc(Cl)c3)c2c1. The van der Waals surface area contributed by atoms with Crippen molar-refractivity contribution in [3.8, 4) is 0 Å². The molecule has 112 valence electrons. The van der Waals surface area contributed by atoms with E-state index in [0.29, 0.717) is 22.0 Å². The van der Waals surface area contributed by atoms with E-state index in [-0.39, 0.29) is 12.6 Å². The van der Waals surface area contributed by atoms with Gasteiger partial charge in [-0.3, -0.25) is 0 Å². The third-order valence-corrected chi connectivity index (χ3v) is 3.43. The smallest absolute Gasteiger partial charge is 0.319 e. The van der Waals surface area contributed by atoms with Crippen LogP contribution >= 0.6 is 11.6 Å². The highest BCUT2D eigenvalue weighted by molar-refractivity contribution is 6.30. The van der Waals surface area contributed by atoms with Crippen molar-refractivity contribution in [1.82, 2.24) is 10.5 Å². The second-order valence-corrected chi connectivity index (χ2v) is 5.38. The van der Waals surface area contributed by atoms with Crippen LogP contribution in [0.15, 0.2) is 47.0 Å². The van der Waals surface area contributed by atoms with Crippen molar-refractivity contribution in [2.45, 2.75) is 13.5 Å². The first-order chi connectivity index (χ1) is 10.6. The molecule has 5 nitrogen and oxygen atoms in total. The molecule has 22 heavy (non-hydrogen) atoms. The Morgan fingerprint density at radius 1 is 1.27 bits per heavy atom. The lowest BCUT2D eigenvalue weighted by molar-refractivity contribution is 0.251. The van der Waals surface area contributed by atoms with Gasteiger partial charge in [0.25, 0.3) is 0 Å². The zero-order valence-corrected chi connectivity index (χ0v) is 12.6. The van der Waals surface area contributed by atoms with E-state index in [2.05, 4.69) is 15.8 Å². The van der Waals surface area contributed by atoms with E-state index in [0.717, 1.165) is 10.9 Å². The Kier molecular flexibility index (Phi) is 3.98. The predicted molar refractivity (Wildman–Crippen MR) is 86.1 cm³/mol. The summed E-state index contributed by atoms with van der Waals surface area (Å²) in [5, 5.41) is 10.9. The molecule has 1 aromatic heterocycles. The molecule has 0 fully saturated rings. The molecule has 0 aliphatic heterocycles. The topological polar surface area (TPSA) is 67.2 Å². The number of hydrogen-bond acceptors (Lipinski definition) is 3. The Balaban J connectivity index is 1.66. The molecule has 1 heterocycles. The van der Waals surface area contributed by atoms with E-state index in [4.69, 9.17) is 16.1 Å². The minimum atomic E-state index is -0.328. The predicted octanol–water partition coefficient (Wildman–Crippen LogP) is 4.11. The lowest BCUT2D eigenvalue weighted by Crippen LogP contribution is -2.28. The third kappa shape index (κ3) is 3.20. The van der Waals surface area contributed by atoms with Crippen molar-refractivity contribution in [3.63, 3.8) is 0 Å². The molecule has 6 heteroatoms. The molecule has 0 unspecified atom stereocenters. The molecule has 0 bridgehead atoms. The van der Waals surface area contributed by atoms with Crippen LogP contribution in [0.2, 0.25) is 5.02 Å². The summed E-state index contributed by atoms with van der Waals surface area (Å²) in [5.74, 6) is 0. The molecule has 3 rings (SSSR count). The van der Waals surface area contributed by atoms with Crippen LogP contribution in [0.25, 0.3) is 11.0 Å². The fraction of sp³-hybridized carbons (Fsp3) is 0.125. The highest BCUT2D eigenvalue weighted by atomic mass is 35.5. The number of amides is 2. The van der Waals surface area contributed by atoms with E-state index in [1.54, 1.807) is 24.3 Å². The average Bonchev–Trinajstić information content (AvgIpc) is 2.87. The van der Waals surface area contributed by atoms with Crippen molar-refractivity contribution in [2.75, 3.05) is 5.32 Å². The molecule has 0 saturated heterocycles. The maximum absolute atomic E-state index is 11.9. The summed E-state index contributed by atoms with van der Waals surface area (Å²) >= 11 is 5.87. The number of hydrogen-bond donors (Lipinski definition) is 2. The largest absolute Gasteiger partial charge is 0.356 e. The normalized spacial score (nSPS) is 10.6. The van der Waals surface area contributed by atoms with Crippen molar-refractivity contribution in [1.29, 1.82) is 0 Å². The van der Waals surface area contributed by atoms with Gasteiger partial charge in [-0.2, -0.15) is 0 Å². The van der Waals surface area contributed by atoms with Gasteiger partial charge in [0, 0.05) is 16.1 Å². The number of benzene rings is 2. The molecule has 0 aliphatic rings. The number of urea groups is 1. The molecule has 0 radical (unpaired) electrons. The number of nitrogens with zero attached hydrogens (tertiary/aromatic N) is 1. The van der Waals surface area contributed by atoms with Crippen LogP contribution in [0.4, 0.5) is 10.5 Å². The highest BCUT2D eigenvalue weighted by Crippen LogP contribution is 2.20. The summed E-state index contributed by atoms with van der Waals surface area (Å²) in [5.41, 5.74) is 3.14. The summed E-state index contributed by atoms with van der Waals surface area (Å²) < 4.78 is 5.23. The van der Waals surface area contributed by atoms with Crippen LogP contribution in [-0.4, -0.2) is 11.2 Å². The van der Waals surface area contributed by atoms with Crippen LogP contribution in [-0.2, 0) is 6.54 Å². The number of aromatic nitrogens is 1. The molecule has 0 spiro atoms. The van der Waals surface area contributed by atoms with Gasteiger partial charge in [0.05, 0.1) is 6.54 Å². The first kappa shape index (κ1) is 14.4. The first-order valence-corrected chi connectivity index (χ1v) is 7.15. The quantitative estimate of drug-likeness (QED) is 0.764. The molecule has 2 N–H and O–H groups in total. The van der Waals surface area contributed by atoms with Gasteiger partial charge in [0.15, 0.2) is 5.58 Å². The molecule has 0 aliphatic carbocycles. The van der Waals surface area contributed by atoms with Gasteiger partial charge < -0.3 is 15.2 Å². The zero-order valence-electron chi connectivity index (χ0n) is 11.9. The van der Waals surface area contributed by atoms with Crippen LogP contribution in [0, 0.1) is 6.92 Å². The molecule has 0 saturated carbocycles. The minimum absolute atomic E-state index is 0.281. The number of rotatable bonds is 3. The summed E-state index contributed by atoms with van der Waals surface area (Å²) in [4.78, 5) is 11.9. The Morgan fingerprint density at radius 2 is 2.14 bits per heavy atom. The number of nitrogens with one attached hydrogen (secondary N) is 2. The lowest BCUT2D eigenvalue weighted by atomic mass is 10.1. The summed E-state index contributed by atoms with van der Waals surface area (Å²) in [6, 6.07) is 12.4. The van der Waals surface area contributed by atoms with E-state index in [1.807, 2.05) is 25.1 Å². The molecule has 2 aromatic carbocycles. The maximum atomic E-state index is 11.9. The number of fused-ring (bicyclic) bond motifs is 1. The van der Waals surface area contributed by atoms with Crippen LogP contribution in [0.5, 0.6) is 0 Å². The Morgan fingerprint density at radius 3 is 2.95 bits per heavy atom. The lowest BCUT2D eigenvalue weighted by Gasteiger charge is -2.06. The first-order valence-electron chi connectivity index (χ1n) is 6.77. The van der Waals surface area contributed by atoms with Crippen LogP contribution in [0.3, 0.4) is 0 Å². The molecular weight excluding hydrogens is 302 g/mol. The number of aryl methyl sites for hydroxylation is 1. The van der Waals surface area contributed by atoms with Crippen molar-refractivity contribution < 1.29 is 9.32 Å². The summed E-state index contributed by atoms with van der Waals surface area (Å²) in [6.07, 6.45) is 0. The van der Waals surface area contributed by atoms with Gasteiger partial charge in [0.2, 0.25) is 0 Å². The average molecular weight is 316 g/mol. The molecule has 2 amide bonds. The fourth-order valence-corrected chi connectivity index (χ4v) is 2.33. The zero-order chi connectivity index (χ0) is 15.5. The van der Waals surface area contributed by atoms with Gasteiger partial charge in [-0.05, 0) is 37.3 Å². The standard InChI is InChI=1S/C16H14ClN3O2/c1-10-5-6-15-13(7-10)14(20-22-15)9-18-16(21)19-12-4-2-3-11(17)8-12/h2-8H,9H2,1H3,(H2,18,19,21). The second-order valence-electron chi connectivity index (χ2n) is 4.95. The Hall–Kier alpha value is -2.53. The Bertz CT molecular complexity index is 829. The van der Waals surface area contributed by atoms with Gasteiger partial charge in [-0.15, -0.1) is 0 Å². The molecule has 0 atom stereocenters. The number of carbonyl (C=O) groups excluding carboxylic acids is 1. The van der Waals surface area contributed by atoms with Gasteiger partial charge in [-0.1, -0.05) is 34.5 Å². The Labute approximate surface area is 132 Å². The van der Waals surface area contributed by atoms with Crippen LogP contribution in [0.1, 0.15) is 11.3 Å². The molecule has 3 aromatic rings. The fourth-order valence-electron chi connectivity index (χ4n) is 2.14. The van der Waals surface area contributed by atoms with Crippen molar-refractivity contribution in [2.24, 2.45) is 0 Å². The second kappa shape index (κ2) is 6.07. The van der Waals surface area contributed by atoms with Crippen molar-refractivity contribution in [3.05, 3.63) is 58.7 Å². The monoisotopic (exact) mass is 315 g/mol. The van der Waals surface area contributed by atoms with Crippen LogP contribution < -0.4 is 10.6 Å². The number of halogens is 1. The van der Waals surface area contributed by atoms with Gasteiger partial charge in [0.1, 0.15) is 5.69 Å². The van der Waals surface area contributed by atoms with E-state index >= 15 is 0 Å². The third-order valence-electron chi connectivity index (χ3n) is 3.20. The van der Waals surface area contributed by atoms with Gasteiger partial charge in [-0.25, -0.2) is 4.79 Å². The maximum Gasteiger partial charge on any atom is 0.319 e. The van der Waals surface area contributed by atoms with E-state index in [9.17, 15) is 4.79 Å². The summed E-state index contributed by atoms with van der Waals surface area (Å²) in [7, 11) is 0. The van der Waals surface area contributed by atoms with E-state index in [1.165, 1.54) is 0 Å².